The lowest BCUT2D eigenvalue weighted by Gasteiger charge is -2.10. The van der Waals surface area contributed by atoms with E-state index in [1.54, 1.807) is 7.11 Å². The third-order valence-electron chi connectivity index (χ3n) is 6.83. The molecule has 0 fully saturated rings. The van der Waals surface area contributed by atoms with Gasteiger partial charge in [0.2, 0.25) is 0 Å². The molecule has 3 aromatic carbocycles. The van der Waals surface area contributed by atoms with Crippen molar-refractivity contribution in [2.45, 2.75) is 32.6 Å². The predicted octanol–water partition coefficient (Wildman–Crippen LogP) is 7.53. The molecule has 1 N–H and O–H groups in total. The van der Waals surface area contributed by atoms with Crippen LogP contribution in [0.1, 0.15) is 41.2 Å². The van der Waals surface area contributed by atoms with E-state index in [0.717, 1.165) is 31.4 Å². The summed E-state index contributed by atoms with van der Waals surface area (Å²) in [6, 6.07) is 23.9. The maximum atomic E-state index is 5.27. The molecule has 0 amide bonds. The second-order valence-electron chi connectivity index (χ2n) is 9.02. The van der Waals surface area contributed by atoms with Crippen LogP contribution in [0.2, 0.25) is 0 Å². The standard InChI is InChI=1S/C31H31NO/c1-4-22-10-15-31-30(18-22)27(20-32-31)12-11-26-19-29(26)21(2)25-7-5-6-24(17-25)16-23-8-13-28(33-3)14-9-23/h5-10,13-15,17-20,29,32H,2,4,11-12,16H2,1,3H3. The molecule has 2 heteroatoms. The number of aromatic nitrogens is 1. The van der Waals surface area contributed by atoms with E-state index in [1.807, 2.05) is 12.1 Å². The monoisotopic (exact) mass is 433 g/mol. The molecule has 1 aliphatic rings. The zero-order valence-corrected chi connectivity index (χ0v) is 19.5. The van der Waals surface area contributed by atoms with Crippen LogP contribution < -0.4 is 4.74 Å². The highest BCUT2D eigenvalue weighted by molar-refractivity contribution is 5.84. The van der Waals surface area contributed by atoms with Crippen LogP contribution in [-0.2, 0) is 19.3 Å². The number of hydrogen-bond donors (Lipinski definition) is 1. The highest BCUT2D eigenvalue weighted by Gasteiger charge is 2.27. The molecule has 1 atom stereocenters. The lowest BCUT2D eigenvalue weighted by molar-refractivity contribution is 0.414. The summed E-state index contributed by atoms with van der Waals surface area (Å²) >= 11 is 0. The van der Waals surface area contributed by atoms with Crippen molar-refractivity contribution in [3.8, 4) is 5.75 Å². The Balaban J connectivity index is 1.20. The molecule has 4 aromatic rings. The number of nitrogens with one attached hydrogen (secondary N) is 1. The smallest absolute Gasteiger partial charge is 0.118 e. The number of ether oxygens (including phenoxy) is 1. The predicted molar refractivity (Wildman–Crippen MR) is 139 cm³/mol. The average Bonchev–Trinajstić information content (AvgIpc) is 3.53. The Kier molecular flexibility index (Phi) is 5.92. The molecule has 0 saturated carbocycles. The molecule has 33 heavy (non-hydrogen) atoms. The van der Waals surface area contributed by atoms with E-state index >= 15 is 0 Å². The molecule has 0 saturated heterocycles. The molecule has 0 spiro atoms. The first-order valence-electron chi connectivity index (χ1n) is 11.8. The molecule has 1 unspecified atom stereocenters. The summed E-state index contributed by atoms with van der Waals surface area (Å²) in [6.07, 6.45) is 8.71. The Bertz CT molecular complexity index is 1320. The molecular formula is C31H31NO. The molecule has 5 rings (SSSR count). The van der Waals surface area contributed by atoms with Crippen molar-refractivity contribution in [2.75, 3.05) is 7.11 Å². The summed E-state index contributed by atoms with van der Waals surface area (Å²) in [5, 5.41) is 1.37. The second-order valence-corrected chi connectivity index (χ2v) is 9.02. The largest absolute Gasteiger partial charge is 0.497 e. The van der Waals surface area contributed by atoms with Gasteiger partial charge in [-0.2, -0.15) is 0 Å². The average molecular weight is 434 g/mol. The Hall–Kier alpha value is -3.52. The van der Waals surface area contributed by atoms with Gasteiger partial charge in [-0.1, -0.05) is 67.6 Å². The van der Waals surface area contributed by atoms with Gasteiger partial charge in [-0.05, 0) is 83.3 Å². The number of rotatable bonds is 9. The molecule has 0 aliphatic heterocycles. The number of fused-ring (bicyclic) bond motifs is 1. The Morgan fingerprint density at radius 1 is 0.939 bits per heavy atom. The van der Waals surface area contributed by atoms with E-state index in [4.69, 9.17) is 4.74 Å². The summed E-state index contributed by atoms with van der Waals surface area (Å²) in [5.41, 5.74) is 10.6. The minimum absolute atomic E-state index is 0.414. The van der Waals surface area contributed by atoms with Crippen LogP contribution in [0.25, 0.3) is 16.5 Å². The summed E-state index contributed by atoms with van der Waals surface area (Å²) in [5.74, 6) is 1.31. The van der Waals surface area contributed by atoms with Crippen molar-refractivity contribution in [1.82, 2.24) is 4.98 Å². The van der Waals surface area contributed by atoms with Gasteiger partial charge < -0.3 is 9.72 Å². The molecule has 1 aliphatic carbocycles. The van der Waals surface area contributed by atoms with E-state index in [0.29, 0.717) is 5.92 Å². The lowest BCUT2D eigenvalue weighted by atomic mass is 9.95. The fraction of sp³-hybridized carbons (Fsp3) is 0.226. The molecule has 1 aromatic heterocycles. The van der Waals surface area contributed by atoms with Crippen molar-refractivity contribution >= 4 is 16.5 Å². The summed E-state index contributed by atoms with van der Waals surface area (Å²) in [4.78, 5) is 3.43. The van der Waals surface area contributed by atoms with Gasteiger partial charge in [0.15, 0.2) is 0 Å². The normalized spacial score (nSPS) is 14.8. The Morgan fingerprint density at radius 2 is 1.76 bits per heavy atom. The van der Waals surface area contributed by atoms with Gasteiger partial charge in [-0.15, -0.1) is 0 Å². The highest BCUT2D eigenvalue weighted by atomic mass is 16.5. The minimum atomic E-state index is 0.414. The third-order valence-corrected chi connectivity index (χ3v) is 6.83. The van der Waals surface area contributed by atoms with Gasteiger partial charge >= 0.3 is 0 Å². The van der Waals surface area contributed by atoms with E-state index in [2.05, 4.69) is 85.4 Å². The highest BCUT2D eigenvalue weighted by Crippen LogP contribution is 2.43. The van der Waals surface area contributed by atoms with Gasteiger partial charge in [0.25, 0.3) is 0 Å². The number of aryl methyl sites for hydroxylation is 2. The molecule has 0 bridgehead atoms. The first-order chi connectivity index (χ1) is 16.1. The number of benzene rings is 3. The first kappa shape index (κ1) is 21.3. The van der Waals surface area contributed by atoms with Crippen LogP contribution in [0.15, 0.2) is 91.2 Å². The van der Waals surface area contributed by atoms with E-state index in [9.17, 15) is 0 Å². The topological polar surface area (TPSA) is 25.0 Å². The number of aromatic amines is 1. The lowest BCUT2D eigenvalue weighted by Crippen LogP contribution is -1.94. The van der Waals surface area contributed by atoms with E-state index < -0.39 is 0 Å². The van der Waals surface area contributed by atoms with Crippen molar-refractivity contribution in [3.05, 3.63) is 119 Å². The van der Waals surface area contributed by atoms with Crippen molar-refractivity contribution < 1.29 is 4.74 Å². The van der Waals surface area contributed by atoms with Crippen LogP contribution >= 0.6 is 0 Å². The second kappa shape index (κ2) is 9.15. The van der Waals surface area contributed by atoms with Gasteiger partial charge in [-0.3, -0.25) is 0 Å². The maximum absolute atomic E-state index is 5.27. The van der Waals surface area contributed by atoms with E-state index in [-0.39, 0.29) is 0 Å². The molecule has 0 radical (unpaired) electrons. The Morgan fingerprint density at radius 3 is 2.55 bits per heavy atom. The zero-order valence-electron chi connectivity index (χ0n) is 19.5. The van der Waals surface area contributed by atoms with Crippen molar-refractivity contribution in [2.24, 2.45) is 5.92 Å². The molecule has 1 heterocycles. The zero-order chi connectivity index (χ0) is 22.8. The van der Waals surface area contributed by atoms with Crippen LogP contribution in [0.4, 0.5) is 0 Å². The fourth-order valence-electron chi connectivity index (χ4n) is 4.70. The van der Waals surface area contributed by atoms with E-state index in [1.165, 1.54) is 49.9 Å². The number of allylic oxidation sites excluding steroid dienone is 3. The first-order valence-corrected chi connectivity index (χ1v) is 11.8. The fourth-order valence-corrected chi connectivity index (χ4v) is 4.70. The summed E-state index contributed by atoms with van der Waals surface area (Å²) in [6.45, 7) is 6.66. The minimum Gasteiger partial charge on any atom is -0.497 e. The SMILES string of the molecule is C=C(c1cccc(Cc2ccc(OC)cc2)c1)C1C=C1CCc1c[nH]c2ccc(CC)cc12. The van der Waals surface area contributed by atoms with Gasteiger partial charge in [-0.25, -0.2) is 0 Å². The van der Waals surface area contributed by atoms with Crippen molar-refractivity contribution in [3.63, 3.8) is 0 Å². The summed E-state index contributed by atoms with van der Waals surface area (Å²) < 4.78 is 5.27. The third kappa shape index (κ3) is 4.66. The molecule has 2 nitrogen and oxygen atoms in total. The van der Waals surface area contributed by atoms with Crippen molar-refractivity contribution in [1.29, 1.82) is 0 Å². The number of H-pyrrole nitrogens is 1. The Labute approximate surface area is 196 Å². The number of hydrogen-bond acceptors (Lipinski definition) is 1. The maximum Gasteiger partial charge on any atom is 0.118 e. The van der Waals surface area contributed by atoms with Crippen LogP contribution in [0, 0.1) is 5.92 Å². The van der Waals surface area contributed by atoms with Gasteiger partial charge in [0.1, 0.15) is 5.75 Å². The number of methoxy groups -OCH3 is 1. The molecule has 166 valence electrons. The van der Waals surface area contributed by atoms with Gasteiger partial charge in [0.05, 0.1) is 7.11 Å². The quantitative estimate of drug-likeness (QED) is 0.271. The van der Waals surface area contributed by atoms with Crippen LogP contribution in [0.5, 0.6) is 5.75 Å². The van der Waals surface area contributed by atoms with Crippen LogP contribution in [-0.4, -0.2) is 12.1 Å². The van der Waals surface area contributed by atoms with Crippen LogP contribution in [0.3, 0.4) is 0 Å². The summed E-state index contributed by atoms with van der Waals surface area (Å²) in [7, 11) is 1.70. The molecular weight excluding hydrogens is 402 g/mol. The van der Waals surface area contributed by atoms with Gasteiger partial charge in [0, 0.05) is 23.0 Å².